The highest BCUT2D eigenvalue weighted by atomic mass is 16.5. The summed E-state index contributed by atoms with van der Waals surface area (Å²) in [6.45, 7) is 3.55. The molecule has 2 bridgehead atoms. The van der Waals surface area contributed by atoms with E-state index in [1.807, 2.05) is 13.0 Å². The van der Waals surface area contributed by atoms with Gasteiger partial charge in [0.1, 0.15) is 0 Å². The molecule has 1 N–H and O–H groups in total. The molecular formula is C16H19NO6. The normalized spacial score (nSPS) is 41.0. The predicted molar refractivity (Wildman–Crippen MR) is 76.5 cm³/mol. The summed E-state index contributed by atoms with van der Waals surface area (Å²) in [5.41, 5.74) is -0.139. The number of methoxy groups -OCH3 is 2. The number of amides is 2. The number of allylic oxidation sites excluding steroid dienone is 2. The monoisotopic (exact) mass is 321 g/mol. The van der Waals surface area contributed by atoms with E-state index in [4.69, 9.17) is 9.47 Å². The van der Waals surface area contributed by atoms with Gasteiger partial charge >= 0.3 is 11.9 Å². The Morgan fingerprint density at radius 1 is 1.09 bits per heavy atom. The number of hydrogen-bond donors (Lipinski definition) is 1. The SMILES string of the molecule is COC(=O)[C@H]1[C@H]2C(C)=C[C@](C)([C@@H]3C(=O)NC(=O)[C@H]23)[C@@H]1C(=O)OC. The fourth-order valence-corrected chi connectivity index (χ4v) is 4.93. The van der Waals surface area contributed by atoms with Crippen LogP contribution >= 0.6 is 0 Å². The third kappa shape index (κ3) is 1.82. The summed E-state index contributed by atoms with van der Waals surface area (Å²) >= 11 is 0. The number of fused-ring (bicyclic) bond motifs is 1. The number of imide groups is 1. The summed E-state index contributed by atoms with van der Waals surface area (Å²) in [5.74, 6) is -5.46. The Bertz CT molecular complexity index is 653. The number of nitrogens with one attached hydrogen (secondary N) is 1. The van der Waals surface area contributed by atoms with Crippen molar-refractivity contribution in [3.8, 4) is 0 Å². The molecule has 0 spiro atoms. The van der Waals surface area contributed by atoms with Crippen molar-refractivity contribution in [2.24, 2.45) is 35.0 Å². The minimum atomic E-state index is -0.967. The van der Waals surface area contributed by atoms with Crippen molar-refractivity contribution >= 4 is 23.8 Å². The van der Waals surface area contributed by atoms with Crippen LogP contribution in [0.25, 0.3) is 0 Å². The highest BCUT2D eigenvalue weighted by Crippen LogP contribution is 2.62. The standard InChI is InChI=1S/C16H19NO6/c1-6-5-16(2)10-8(12(18)17-13(10)19)7(6)9(14(20)22-3)11(16)15(21)23-4/h5,7-11H,1-4H3,(H,17,18,19)/t7-,8+,9-,10-,11-,16+/m0/s1. The third-order valence-electron chi connectivity index (χ3n) is 5.66. The van der Waals surface area contributed by atoms with Crippen molar-refractivity contribution in [3.05, 3.63) is 11.6 Å². The Hall–Kier alpha value is -2.18. The first kappa shape index (κ1) is 15.7. The van der Waals surface area contributed by atoms with Crippen LogP contribution in [-0.2, 0) is 28.7 Å². The van der Waals surface area contributed by atoms with E-state index in [1.54, 1.807) is 6.92 Å². The first-order valence-electron chi connectivity index (χ1n) is 7.47. The summed E-state index contributed by atoms with van der Waals surface area (Å²) in [4.78, 5) is 49.3. The maximum Gasteiger partial charge on any atom is 0.310 e. The first-order valence-corrected chi connectivity index (χ1v) is 7.47. The highest BCUT2D eigenvalue weighted by molar-refractivity contribution is 6.07. The Labute approximate surface area is 133 Å². The molecule has 1 aliphatic heterocycles. The molecule has 124 valence electrons. The second-order valence-electron chi connectivity index (χ2n) is 6.69. The van der Waals surface area contributed by atoms with E-state index in [9.17, 15) is 19.2 Å². The molecule has 0 aromatic heterocycles. The lowest BCUT2D eigenvalue weighted by molar-refractivity contribution is -0.177. The topological polar surface area (TPSA) is 98.8 Å². The minimum absolute atomic E-state index is 0.388. The van der Waals surface area contributed by atoms with Crippen LogP contribution in [0.15, 0.2) is 11.6 Å². The molecule has 1 saturated carbocycles. The Morgan fingerprint density at radius 3 is 2.26 bits per heavy atom. The van der Waals surface area contributed by atoms with Crippen LogP contribution in [0.3, 0.4) is 0 Å². The molecule has 7 nitrogen and oxygen atoms in total. The zero-order chi connectivity index (χ0) is 17.1. The van der Waals surface area contributed by atoms with Gasteiger partial charge in [-0.15, -0.1) is 0 Å². The van der Waals surface area contributed by atoms with E-state index in [-0.39, 0.29) is 5.91 Å². The maximum atomic E-state index is 12.4. The molecular weight excluding hydrogens is 302 g/mol. The fraction of sp³-hybridized carbons (Fsp3) is 0.625. The van der Waals surface area contributed by atoms with Gasteiger partial charge < -0.3 is 9.47 Å². The number of esters is 2. The van der Waals surface area contributed by atoms with Gasteiger partial charge in [-0.25, -0.2) is 0 Å². The fourth-order valence-electron chi connectivity index (χ4n) is 4.93. The lowest BCUT2D eigenvalue weighted by Gasteiger charge is -2.55. The smallest absolute Gasteiger partial charge is 0.310 e. The molecule has 0 unspecified atom stereocenters. The van der Waals surface area contributed by atoms with Crippen molar-refractivity contribution in [2.45, 2.75) is 13.8 Å². The van der Waals surface area contributed by atoms with Crippen LogP contribution in [-0.4, -0.2) is 38.0 Å². The second-order valence-corrected chi connectivity index (χ2v) is 6.69. The average Bonchev–Trinajstić information content (AvgIpc) is 2.81. The largest absolute Gasteiger partial charge is 0.469 e. The van der Waals surface area contributed by atoms with Gasteiger partial charge in [-0.3, -0.25) is 24.5 Å². The average molecular weight is 321 g/mol. The van der Waals surface area contributed by atoms with Gasteiger partial charge in [-0.1, -0.05) is 18.6 Å². The van der Waals surface area contributed by atoms with E-state index in [1.165, 1.54) is 14.2 Å². The summed E-state index contributed by atoms with van der Waals surface area (Å²) < 4.78 is 9.77. The summed E-state index contributed by atoms with van der Waals surface area (Å²) in [6.07, 6.45) is 1.85. The minimum Gasteiger partial charge on any atom is -0.469 e. The summed E-state index contributed by atoms with van der Waals surface area (Å²) in [7, 11) is 2.49. The Kier molecular flexibility index (Phi) is 3.35. The van der Waals surface area contributed by atoms with Gasteiger partial charge in [0, 0.05) is 11.3 Å². The predicted octanol–water partition coefficient (Wildman–Crippen LogP) is 0.0496. The molecule has 4 aliphatic rings. The molecule has 1 saturated heterocycles. The number of hydrogen-bond acceptors (Lipinski definition) is 6. The van der Waals surface area contributed by atoms with Gasteiger partial charge in [0.05, 0.1) is 37.9 Å². The molecule has 1 heterocycles. The summed E-state index contributed by atoms with van der Waals surface area (Å²) in [6, 6.07) is 0. The zero-order valence-electron chi connectivity index (χ0n) is 13.4. The maximum absolute atomic E-state index is 12.4. The molecule has 0 aromatic carbocycles. The zero-order valence-corrected chi connectivity index (χ0v) is 13.4. The van der Waals surface area contributed by atoms with Gasteiger partial charge in [-0.05, 0) is 6.92 Å². The van der Waals surface area contributed by atoms with Crippen molar-refractivity contribution in [1.82, 2.24) is 5.32 Å². The van der Waals surface area contributed by atoms with Gasteiger partial charge in [0.2, 0.25) is 11.8 Å². The number of ether oxygens (including phenoxy) is 2. The molecule has 0 aromatic rings. The van der Waals surface area contributed by atoms with Crippen LogP contribution < -0.4 is 5.32 Å². The van der Waals surface area contributed by atoms with Crippen LogP contribution in [0.5, 0.6) is 0 Å². The van der Waals surface area contributed by atoms with Gasteiger partial charge in [0.15, 0.2) is 0 Å². The van der Waals surface area contributed by atoms with E-state index in [2.05, 4.69) is 5.32 Å². The van der Waals surface area contributed by atoms with Crippen LogP contribution in [0, 0.1) is 35.0 Å². The molecule has 3 aliphatic carbocycles. The molecule has 2 fully saturated rings. The van der Waals surface area contributed by atoms with Crippen molar-refractivity contribution in [3.63, 3.8) is 0 Å². The lowest BCUT2D eigenvalue weighted by atomic mass is 9.45. The second kappa shape index (κ2) is 4.91. The first-order chi connectivity index (χ1) is 10.8. The summed E-state index contributed by atoms with van der Waals surface area (Å²) in [5, 5.41) is 2.34. The van der Waals surface area contributed by atoms with Gasteiger partial charge in [0.25, 0.3) is 0 Å². The van der Waals surface area contributed by atoms with Crippen LogP contribution in [0.1, 0.15) is 13.8 Å². The van der Waals surface area contributed by atoms with E-state index >= 15 is 0 Å². The lowest BCUT2D eigenvalue weighted by Crippen LogP contribution is -2.61. The van der Waals surface area contributed by atoms with Crippen LogP contribution in [0.4, 0.5) is 0 Å². The van der Waals surface area contributed by atoms with Gasteiger partial charge in [-0.2, -0.15) is 0 Å². The molecule has 0 radical (unpaired) electrons. The Morgan fingerprint density at radius 2 is 1.70 bits per heavy atom. The van der Waals surface area contributed by atoms with Crippen molar-refractivity contribution in [2.75, 3.05) is 14.2 Å². The molecule has 4 rings (SSSR count). The molecule has 2 amide bonds. The van der Waals surface area contributed by atoms with E-state index in [0.717, 1.165) is 5.57 Å². The van der Waals surface area contributed by atoms with Crippen molar-refractivity contribution in [1.29, 1.82) is 0 Å². The molecule has 6 atom stereocenters. The van der Waals surface area contributed by atoms with Crippen LogP contribution in [0.2, 0.25) is 0 Å². The van der Waals surface area contributed by atoms with E-state index in [0.29, 0.717) is 0 Å². The number of carbonyl (C=O) groups is 4. The quantitative estimate of drug-likeness (QED) is 0.438. The highest BCUT2D eigenvalue weighted by Gasteiger charge is 2.70. The number of rotatable bonds is 2. The van der Waals surface area contributed by atoms with Crippen molar-refractivity contribution < 1.29 is 28.7 Å². The molecule has 23 heavy (non-hydrogen) atoms. The number of carbonyl (C=O) groups excluding carboxylic acids is 4. The Balaban J connectivity index is 2.23. The molecule has 7 heteroatoms. The van der Waals surface area contributed by atoms with E-state index < -0.39 is 52.9 Å². The third-order valence-corrected chi connectivity index (χ3v) is 5.66.